The van der Waals surface area contributed by atoms with Gasteiger partial charge in [-0.3, -0.25) is 0 Å². The highest BCUT2D eigenvalue weighted by molar-refractivity contribution is 5.83. The predicted molar refractivity (Wildman–Crippen MR) is 325 cm³/mol. The van der Waals surface area contributed by atoms with Crippen molar-refractivity contribution in [3.63, 3.8) is 0 Å². The number of esters is 1. The Morgan fingerprint density at radius 1 is 0.605 bits per heavy atom. The van der Waals surface area contributed by atoms with Crippen LogP contribution in [-0.4, -0.2) is 143 Å². The number of carbonyl (C=O) groups excluding carboxylic acids is 3. The molecule has 0 bridgehead atoms. The molecule has 2 saturated heterocycles. The normalized spacial score (nSPS) is 15.7. The van der Waals surface area contributed by atoms with Gasteiger partial charge in [-0.1, -0.05) is 72.8 Å². The quantitative estimate of drug-likeness (QED) is 0.0281. The number of hydrogen-bond acceptors (Lipinski definition) is 21. The average Bonchev–Trinajstić information content (AvgIpc) is 2.81. The van der Waals surface area contributed by atoms with Crippen molar-refractivity contribution >= 4 is 59.0 Å². The maximum atomic E-state index is 13.1. The molecule has 6 aromatic rings. The van der Waals surface area contributed by atoms with Crippen molar-refractivity contribution in [3.05, 3.63) is 131 Å². The van der Waals surface area contributed by atoms with Crippen LogP contribution in [0.5, 0.6) is 11.5 Å². The fourth-order valence-electron chi connectivity index (χ4n) is 10.7. The molecule has 24 heteroatoms. The Bertz CT molecular complexity index is 3230. The molecular formula is C62H78N14O10. The van der Waals surface area contributed by atoms with Gasteiger partial charge in [0.05, 0.1) is 14.2 Å². The molecule has 0 spiro atoms. The number of pyridine rings is 2. The molecule has 2 aromatic carbocycles. The summed E-state index contributed by atoms with van der Waals surface area (Å²) in [6.45, 7) is 10.3. The molecule has 86 heavy (non-hydrogen) atoms. The smallest absolute Gasteiger partial charge is 0.408 e. The van der Waals surface area contributed by atoms with Crippen LogP contribution in [0.25, 0.3) is 0 Å². The molecule has 2 fully saturated rings. The molecule has 24 nitrogen and oxygen atoms in total. The van der Waals surface area contributed by atoms with Crippen LogP contribution in [0.3, 0.4) is 0 Å². The molecule has 2 atom stereocenters. The maximum Gasteiger partial charge on any atom is 0.408 e. The van der Waals surface area contributed by atoms with Gasteiger partial charge in [0.2, 0.25) is 11.5 Å². The Hall–Kier alpha value is -9.22. The Balaban J connectivity index is 0.000000206. The third-order valence-corrected chi connectivity index (χ3v) is 15.2. The zero-order valence-corrected chi connectivity index (χ0v) is 49.5. The number of aromatic nitrogens is 6. The number of carbonyl (C=O) groups is 4. The number of rotatable bonds is 20. The van der Waals surface area contributed by atoms with Crippen molar-refractivity contribution in [2.75, 3.05) is 97.6 Å². The first-order chi connectivity index (χ1) is 41.7. The number of methoxy groups -OCH3 is 2. The monoisotopic (exact) mass is 1180 g/mol. The number of fused-ring (bicyclic) bond motifs is 2. The molecule has 4 aliphatic heterocycles. The van der Waals surface area contributed by atoms with Gasteiger partial charge in [0.25, 0.3) is 0 Å². The summed E-state index contributed by atoms with van der Waals surface area (Å²) in [7, 11) is 3.09. The third-order valence-electron chi connectivity index (χ3n) is 15.2. The lowest BCUT2D eigenvalue weighted by Crippen LogP contribution is -2.48. The number of benzene rings is 2. The fraction of sp³-hybridized carbons (Fsp3) is 0.452. The van der Waals surface area contributed by atoms with Crippen molar-refractivity contribution < 1.29 is 48.0 Å². The molecule has 0 saturated carbocycles. The van der Waals surface area contributed by atoms with Crippen LogP contribution in [0, 0.1) is 0 Å². The van der Waals surface area contributed by atoms with E-state index in [2.05, 4.69) is 85.9 Å². The van der Waals surface area contributed by atoms with Crippen molar-refractivity contribution in [2.45, 2.75) is 115 Å². The number of piperidine rings is 2. The van der Waals surface area contributed by atoms with Gasteiger partial charge in [0, 0.05) is 75.6 Å². The number of nitrogens with one attached hydrogen (secondary N) is 6. The highest BCUT2D eigenvalue weighted by Gasteiger charge is 2.32. The van der Waals surface area contributed by atoms with Gasteiger partial charge in [-0.15, -0.1) is 0 Å². The minimum atomic E-state index is -1.25. The largest absolute Gasteiger partial charge is 0.490 e. The van der Waals surface area contributed by atoms with Crippen LogP contribution in [-0.2, 0) is 49.9 Å². The van der Waals surface area contributed by atoms with E-state index in [1.54, 1.807) is 27.9 Å². The molecule has 456 valence electrons. The summed E-state index contributed by atoms with van der Waals surface area (Å²) >= 11 is 0. The van der Waals surface area contributed by atoms with Crippen molar-refractivity contribution in [3.8, 4) is 11.5 Å². The second-order valence-corrected chi connectivity index (χ2v) is 22.4. The first-order valence-electron chi connectivity index (χ1n) is 29.3. The van der Waals surface area contributed by atoms with Gasteiger partial charge >= 0.3 is 24.1 Å². The lowest BCUT2D eigenvalue weighted by atomic mass is 9.92. The van der Waals surface area contributed by atoms with E-state index < -0.39 is 41.8 Å². The highest BCUT2D eigenvalue weighted by Crippen LogP contribution is 2.39. The Kier molecular flexibility index (Phi) is 21.1. The molecule has 8 heterocycles. The molecule has 10 rings (SSSR count). The molecule has 4 aromatic heterocycles. The summed E-state index contributed by atoms with van der Waals surface area (Å²) in [6.07, 6.45) is 9.43. The van der Waals surface area contributed by atoms with E-state index in [1.807, 2.05) is 60.7 Å². The van der Waals surface area contributed by atoms with E-state index in [-0.39, 0.29) is 26.3 Å². The van der Waals surface area contributed by atoms with Gasteiger partial charge in [0.1, 0.15) is 55.2 Å². The number of ether oxygens (including phenoxy) is 5. The van der Waals surface area contributed by atoms with E-state index in [9.17, 15) is 24.3 Å². The standard InChI is InChI=1S/C33H43N7O5.C29H35N7O5/c1-33(2,3)45-31(41)26(39-32(42)44-20-22-9-6-5-7-10-22)19-35-29-27(43-4)30(37-21-36-29)40-17-14-23(15-18-40)25-13-12-24-11-8-16-34-28(24)38-25;1-40-24-26(31-16-23(28(37)38)35-29(39)41-17-19-6-3-2-4-7-19)32-18-33-27(24)36-14-11-20(12-15-36)22-10-9-21-8-5-13-30-25(21)34-22/h5-7,9-10,12-13,21,23,26H,8,11,14-20H2,1-4H3,(H,34,38)(H,39,42)(H,35,36,37);2-4,6-7,9-10,18,20,23H,5,8,11-17H2,1H3,(H,30,34)(H,35,39)(H,37,38)(H,31,32,33)/t26-;23-/m00/s1. The molecular weight excluding hydrogens is 1100 g/mol. The second-order valence-electron chi connectivity index (χ2n) is 22.4. The molecule has 0 radical (unpaired) electrons. The maximum absolute atomic E-state index is 13.1. The summed E-state index contributed by atoms with van der Waals surface area (Å²) in [6, 6.07) is 24.9. The molecule has 2 amide bonds. The van der Waals surface area contributed by atoms with Gasteiger partial charge in [0.15, 0.2) is 23.3 Å². The predicted octanol–water partition coefficient (Wildman–Crippen LogP) is 8.08. The first-order valence-corrected chi connectivity index (χ1v) is 29.3. The van der Waals surface area contributed by atoms with E-state index in [4.69, 9.17) is 33.7 Å². The van der Waals surface area contributed by atoms with Crippen molar-refractivity contribution in [1.29, 1.82) is 0 Å². The van der Waals surface area contributed by atoms with Crippen molar-refractivity contribution in [2.24, 2.45) is 0 Å². The average molecular weight is 1180 g/mol. The number of hydrogen-bond donors (Lipinski definition) is 7. The topological polar surface area (TPSA) is 291 Å². The minimum Gasteiger partial charge on any atom is -0.490 e. The van der Waals surface area contributed by atoms with Gasteiger partial charge in [-0.2, -0.15) is 0 Å². The van der Waals surface area contributed by atoms with Crippen LogP contribution in [0.1, 0.15) is 105 Å². The first kappa shape index (κ1) is 61.3. The van der Waals surface area contributed by atoms with Crippen LogP contribution < -0.4 is 51.2 Å². The van der Waals surface area contributed by atoms with Crippen molar-refractivity contribution in [1.82, 2.24) is 40.5 Å². The van der Waals surface area contributed by atoms with E-state index in [0.717, 1.165) is 125 Å². The number of anilines is 6. The summed E-state index contributed by atoms with van der Waals surface area (Å²) in [5.74, 6) is 3.86. The number of aryl methyl sites for hydroxylation is 2. The van der Waals surface area contributed by atoms with E-state index in [1.165, 1.54) is 30.9 Å². The van der Waals surface area contributed by atoms with E-state index >= 15 is 0 Å². The number of aliphatic carboxylic acids is 1. The Morgan fingerprint density at radius 3 is 1.45 bits per heavy atom. The molecule has 0 aliphatic carbocycles. The zero-order valence-electron chi connectivity index (χ0n) is 49.5. The lowest BCUT2D eigenvalue weighted by molar-refractivity contribution is -0.157. The summed E-state index contributed by atoms with van der Waals surface area (Å²) < 4.78 is 27.5. The van der Waals surface area contributed by atoms with Crippen LogP contribution in [0.15, 0.2) is 97.6 Å². The lowest BCUT2D eigenvalue weighted by Gasteiger charge is -2.33. The van der Waals surface area contributed by atoms with Crippen LogP contribution >= 0.6 is 0 Å². The number of carboxylic acid groups (broad SMARTS) is 1. The minimum absolute atomic E-state index is 0.0116. The molecule has 7 N–H and O–H groups in total. The van der Waals surface area contributed by atoms with Gasteiger partial charge in [-0.05, 0) is 107 Å². The molecule has 0 unspecified atom stereocenters. The van der Waals surface area contributed by atoms with Gasteiger partial charge < -0.3 is 70.5 Å². The third kappa shape index (κ3) is 16.8. The number of amides is 2. The van der Waals surface area contributed by atoms with Crippen LogP contribution in [0.4, 0.5) is 44.5 Å². The highest BCUT2D eigenvalue weighted by atomic mass is 16.6. The second kappa shape index (κ2) is 29.5. The summed E-state index contributed by atoms with van der Waals surface area (Å²) in [4.78, 5) is 81.6. The molecule has 4 aliphatic rings. The zero-order chi connectivity index (χ0) is 60.4. The summed E-state index contributed by atoms with van der Waals surface area (Å²) in [5, 5.41) is 27.7. The SMILES string of the molecule is COc1c(NC[C@H](NC(=O)OCc2ccccc2)C(=O)O)ncnc1N1CCC(c2ccc3c(n2)NCCC3)CC1.COc1c(NC[C@H](NC(=O)OCc2ccccc2)C(=O)OC(C)(C)C)ncnc1N1CCC(c2ccc3c(n2)NCCC3)CC1. The Labute approximate surface area is 501 Å². The fourth-order valence-corrected chi connectivity index (χ4v) is 10.7. The van der Waals surface area contributed by atoms with E-state index in [0.29, 0.717) is 46.6 Å². The summed E-state index contributed by atoms with van der Waals surface area (Å²) in [5.41, 5.74) is 5.70. The Morgan fingerprint density at radius 2 is 1.03 bits per heavy atom. The number of alkyl carbamates (subject to hydrolysis) is 2. The number of carboxylic acids is 1. The van der Waals surface area contributed by atoms with Crippen LogP contribution in [0.2, 0.25) is 0 Å². The van der Waals surface area contributed by atoms with Gasteiger partial charge in [-0.25, -0.2) is 49.1 Å². The number of nitrogens with zero attached hydrogens (tertiary/aromatic N) is 8.